The van der Waals surface area contributed by atoms with Crippen LogP contribution >= 0.6 is 0 Å². The van der Waals surface area contributed by atoms with Gasteiger partial charge in [0.15, 0.2) is 0 Å². The number of aliphatic hydroxyl groups excluding tert-OH is 1. The molecule has 1 aromatic carbocycles. The van der Waals surface area contributed by atoms with E-state index in [1.54, 1.807) is 19.9 Å². The third-order valence-corrected chi connectivity index (χ3v) is 3.73. The number of benzene rings is 1. The molecule has 0 aliphatic carbocycles. The van der Waals surface area contributed by atoms with Gasteiger partial charge >= 0.3 is 0 Å². The Balaban J connectivity index is 2.04. The number of hydrogen-bond acceptors (Lipinski definition) is 3. The molecule has 0 fully saturated rings. The van der Waals surface area contributed by atoms with Gasteiger partial charge in [0.05, 0.1) is 6.10 Å². The highest BCUT2D eigenvalue weighted by molar-refractivity contribution is 5.95. The van der Waals surface area contributed by atoms with Crippen molar-refractivity contribution in [3.8, 4) is 0 Å². The summed E-state index contributed by atoms with van der Waals surface area (Å²) >= 11 is 0. The summed E-state index contributed by atoms with van der Waals surface area (Å²) in [6, 6.07) is 10.8. The van der Waals surface area contributed by atoms with Crippen LogP contribution in [0.5, 0.6) is 0 Å². The molecule has 0 aliphatic heterocycles. The smallest absolute Gasteiger partial charge is 0.261 e. The zero-order valence-corrected chi connectivity index (χ0v) is 13.6. The molecule has 0 saturated carbocycles. The average molecular weight is 314 g/mol. The molecule has 2 rings (SSSR count). The van der Waals surface area contributed by atoms with Crippen molar-refractivity contribution in [2.45, 2.75) is 39.3 Å². The molecule has 122 valence electrons. The van der Waals surface area contributed by atoms with E-state index in [0.29, 0.717) is 12.0 Å². The number of pyridine rings is 1. The lowest BCUT2D eigenvalue weighted by Crippen LogP contribution is -2.37. The molecule has 0 bridgehead atoms. The molecule has 2 aromatic rings. The first kappa shape index (κ1) is 17.0. The maximum absolute atomic E-state index is 12.3. The van der Waals surface area contributed by atoms with Gasteiger partial charge in [-0.05, 0) is 44.4 Å². The second-order valence-electron chi connectivity index (χ2n) is 5.88. The van der Waals surface area contributed by atoms with Gasteiger partial charge in [0.2, 0.25) is 0 Å². The summed E-state index contributed by atoms with van der Waals surface area (Å²) < 4.78 is 0. The Hall–Kier alpha value is -2.40. The maximum atomic E-state index is 12.3. The van der Waals surface area contributed by atoms with Gasteiger partial charge in [0, 0.05) is 11.7 Å². The number of aromatic nitrogens is 1. The van der Waals surface area contributed by atoms with Gasteiger partial charge in [-0.25, -0.2) is 0 Å². The lowest BCUT2D eigenvalue weighted by Gasteiger charge is -2.18. The Bertz CT molecular complexity index is 738. The quantitative estimate of drug-likeness (QED) is 0.791. The molecule has 3 N–H and O–H groups in total. The first-order chi connectivity index (χ1) is 10.9. The van der Waals surface area contributed by atoms with Crippen molar-refractivity contribution < 1.29 is 9.90 Å². The fourth-order valence-corrected chi connectivity index (χ4v) is 2.64. The van der Waals surface area contributed by atoms with Crippen molar-refractivity contribution in [3.05, 3.63) is 69.1 Å². The van der Waals surface area contributed by atoms with Crippen LogP contribution in [0, 0.1) is 13.8 Å². The summed E-state index contributed by atoms with van der Waals surface area (Å²) in [7, 11) is 0. The van der Waals surface area contributed by atoms with Gasteiger partial charge < -0.3 is 15.4 Å². The van der Waals surface area contributed by atoms with Crippen LogP contribution in [0.15, 0.2) is 41.2 Å². The molecule has 0 saturated heterocycles. The molecule has 1 amide bonds. The number of nitrogens with one attached hydrogen (secondary N) is 2. The Labute approximate surface area is 135 Å². The van der Waals surface area contributed by atoms with Crippen LogP contribution in [0.4, 0.5) is 0 Å². The van der Waals surface area contributed by atoms with Crippen LogP contribution in [-0.4, -0.2) is 22.0 Å². The molecule has 0 radical (unpaired) electrons. The molecular weight excluding hydrogens is 292 g/mol. The number of aromatic amines is 1. The maximum Gasteiger partial charge on any atom is 0.261 e. The van der Waals surface area contributed by atoms with Crippen LogP contribution in [0.25, 0.3) is 0 Å². The predicted molar refractivity (Wildman–Crippen MR) is 89.5 cm³/mol. The number of rotatable bonds is 5. The van der Waals surface area contributed by atoms with Crippen LogP contribution in [0.3, 0.4) is 0 Å². The monoisotopic (exact) mass is 314 g/mol. The van der Waals surface area contributed by atoms with E-state index >= 15 is 0 Å². The fraction of sp³-hybridized carbons (Fsp3) is 0.333. The third-order valence-electron chi connectivity index (χ3n) is 3.73. The van der Waals surface area contributed by atoms with Crippen molar-refractivity contribution in [1.82, 2.24) is 10.3 Å². The minimum atomic E-state index is -0.663. The van der Waals surface area contributed by atoms with Crippen LogP contribution in [0.2, 0.25) is 0 Å². The van der Waals surface area contributed by atoms with Crippen LogP contribution < -0.4 is 10.9 Å². The van der Waals surface area contributed by atoms with Crippen LogP contribution in [0.1, 0.15) is 46.6 Å². The van der Waals surface area contributed by atoms with Crippen molar-refractivity contribution in [3.63, 3.8) is 0 Å². The predicted octanol–water partition coefficient (Wildman–Crippen LogP) is 2.23. The van der Waals surface area contributed by atoms with E-state index in [0.717, 1.165) is 11.3 Å². The van der Waals surface area contributed by atoms with Crippen molar-refractivity contribution >= 4 is 5.91 Å². The van der Waals surface area contributed by atoms with E-state index in [4.69, 9.17) is 0 Å². The van der Waals surface area contributed by atoms with Gasteiger partial charge in [0.1, 0.15) is 5.56 Å². The fourth-order valence-electron chi connectivity index (χ4n) is 2.64. The van der Waals surface area contributed by atoms with Gasteiger partial charge in [0.25, 0.3) is 11.5 Å². The largest absolute Gasteiger partial charge is 0.388 e. The normalized spacial score (nSPS) is 13.4. The summed E-state index contributed by atoms with van der Waals surface area (Å²) in [4.78, 5) is 26.9. The molecule has 0 aliphatic rings. The Morgan fingerprint density at radius 1 is 1.26 bits per heavy atom. The Morgan fingerprint density at radius 3 is 2.52 bits per heavy atom. The highest BCUT2D eigenvalue weighted by Gasteiger charge is 2.18. The molecule has 23 heavy (non-hydrogen) atoms. The SMILES string of the molecule is Cc1cc(C)c(C(=O)N[C@H](C)C[C@H](O)c2ccccc2)c(=O)[nH]1. The van der Waals surface area contributed by atoms with E-state index in [1.807, 2.05) is 37.3 Å². The van der Waals surface area contributed by atoms with E-state index < -0.39 is 17.6 Å². The average Bonchev–Trinajstić information content (AvgIpc) is 2.46. The molecule has 5 nitrogen and oxygen atoms in total. The summed E-state index contributed by atoms with van der Waals surface area (Å²) in [6.45, 7) is 5.32. The lowest BCUT2D eigenvalue weighted by molar-refractivity contribution is 0.0915. The number of carbonyl (C=O) groups excluding carboxylic acids is 1. The first-order valence-corrected chi connectivity index (χ1v) is 7.63. The number of hydrogen-bond donors (Lipinski definition) is 3. The highest BCUT2D eigenvalue weighted by Crippen LogP contribution is 2.17. The molecular formula is C18H22N2O3. The second kappa shape index (κ2) is 7.24. The van der Waals surface area contributed by atoms with E-state index in [1.165, 1.54) is 0 Å². The molecule has 0 spiro atoms. The van der Waals surface area contributed by atoms with Gasteiger partial charge in [-0.1, -0.05) is 30.3 Å². The van der Waals surface area contributed by atoms with Crippen molar-refractivity contribution in [2.75, 3.05) is 0 Å². The third kappa shape index (κ3) is 4.29. The first-order valence-electron chi connectivity index (χ1n) is 7.63. The Morgan fingerprint density at radius 2 is 1.91 bits per heavy atom. The van der Waals surface area contributed by atoms with Crippen molar-refractivity contribution in [1.29, 1.82) is 0 Å². The van der Waals surface area contributed by atoms with Gasteiger partial charge in [-0.15, -0.1) is 0 Å². The lowest BCUT2D eigenvalue weighted by atomic mass is 10.0. The summed E-state index contributed by atoms with van der Waals surface area (Å²) in [5.41, 5.74) is 1.89. The molecule has 1 aromatic heterocycles. The number of aryl methyl sites for hydroxylation is 2. The molecule has 2 atom stereocenters. The van der Waals surface area contributed by atoms with Crippen LogP contribution in [-0.2, 0) is 0 Å². The minimum absolute atomic E-state index is 0.122. The second-order valence-corrected chi connectivity index (χ2v) is 5.88. The summed E-state index contributed by atoms with van der Waals surface area (Å²) in [5, 5.41) is 13.0. The van der Waals surface area contributed by atoms with E-state index in [9.17, 15) is 14.7 Å². The molecule has 0 unspecified atom stereocenters. The summed E-state index contributed by atoms with van der Waals surface area (Å²) in [6.07, 6.45) is -0.289. The number of aliphatic hydroxyl groups is 1. The standard InChI is InChI=1S/C18H22N2O3/c1-11-9-12(2)19-17(22)16(11)18(23)20-13(3)10-15(21)14-7-5-4-6-8-14/h4-9,13,15,21H,10H2,1-3H3,(H,19,22)(H,20,23)/t13-,15+/m1/s1. The topological polar surface area (TPSA) is 82.2 Å². The van der Waals surface area contributed by atoms with E-state index in [-0.39, 0.29) is 11.6 Å². The zero-order chi connectivity index (χ0) is 17.0. The van der Waals surface area contributed by atoms with E-state index in [2.05, 4.69) is 10.3 Å². The summed E-state index contributed by atoms with van der Waals surface area (Å²) in [5.74, 6) is -0.420. The Kier molecular flexibility index (Phi) is 5.34. The molecule has 1 heterocycles. The van der Waals surface area contributed by atoms with Gasteiger partial charge in [-0.3, -0.25) is 9.59 Å². The number of carbonyl (C=O) groups is 1. The highest BCUT2D eigenvalue weighted by atomic mass is 16.3. The van der Waals surface area contributed by atoms with Gasteiger partial charge in [-0.2, -0.15) is 0 Å². The van der Waals surface area contributed by atoms with Crippen molar-refractivity contribution in [2.24, 2.45) is 0 Å². The minimum Gasteiger partial charge on any atom is -0.388 e. The zero-order valence-electron chi connectivity index (χ0n) is 13.6. The molecule has 5 heteroatoms. The number of H-pyrrole nitrogens is 1. The number of amides is 1.